The molecule has 0 fully saturated rings. The average molecular weight is 398 g/mol. The van der Waals surface area contributed by atoms with Crippen molar-refractivity contribution in [3.63, 3.8) is 0 Å². The first-order chi connectivity index (χ1) is 13.6. The number of hydrogen-bond acceptors (Lipinski definition) is 4. The molecule has 0 spiro atoms. The molecule has 0 bridgehead atoms. The van der Waals surface area contributed by atoms with Crippen LogP contribution in [0.25, 0.3) is 5.69 Å². The van der Waals surface area contributed by atoms with E-state index in [0.717, 1.165) is 0 Å². The Balaban J connectivity index is 1.94. The van der Waals surface area contributed by atoms with Crippen molar-refractivity contribution in [1.29, 1.82) is 0 Å². The monoisotopic (exact) mass is 397 g/mol. The SMILES string of the molecule is CCOC(=O)c1ccccc1N(CC)C(=O)c1ccn(-c2ccccc2Cl)n1. The number of para-hydroxylation sites is 2. The number of anilines is 1. The summed E-state index contributed by atoms with van der Waals surface area (Å²) in [4.78, 5) is 26.9. The molecule has 144 valence electrons. The standard InChI is InChI=1S/C21H20ClN3O3/c1-3-24(18-11-7-5-9-15(18)21(27)28-4-2)20(26)17-13-14-25(23-17)19-12-8-6-10-16(19)22/h5-14H,3-4H2,1-2H3. The van der Waals surface area contributed by atoms with Crippen molar-refractivity contribution in [3.05, 3.63) is 77.1 Å². The van der Waals surface area contributed by atoms with Gasteiger partial charge in [-0.05, 0) is 44.2 Å². The van der Waals surface area contributed by atoms with Crippen LogP contribution in [0.3, 0.4) is 0 Å². The second kappa shape index (κ2) is 8.71. The van der Waals surface area contributed by atoms with Crippen LogP contribution in [0.5, 0.6) is 0 Å². The molecule has 0 saturated carbocycles. The number of nitrogens with zero attached hydrogens (tertiary/aromatic N) is 3. The van der Waals surface area contributed by atoms with Crippen molar-refractivity contribution in [1.82, 2.24) is 9.78 Å². The maximum atomic E-state index is 13.1. The number of carbonyl (C=O) groups excluding carboxylic acids is 2. The molecule has 28 heavy (non-hydrogen) atoms. The van der Waals surface area contributed by atoms with Gasteiger partial charge in [0.2, 0.25) is 0 Å². The van der Waals surface area contributed by atoms with Crippen LogP contribution >= 0.6 is 11.6 Å². The summed E-state index contributed by atoms with van der Waals surface area (Å²) in [7, 11) is 0. The molecule has 0 N–H and O–H groups in total. The van der Waals surface area contributed by atoms with E-state index in [1.165, 1.54) is 4.90 Å². The van der Waals surface area contributed by atoms with Gasteiger partial charge in [-0.3, -0.25) is 4.79 Å². The molecular formula is C21H20ClN3O3. The van der Waals surface area contributed by atoms with E-state index in [9.17, 15) is 9.59 Å². The number of benzene rings is 2. The molecular weight excluding hydrogens is 378 g/mol. The molecule has 0 radical (unpaired) electrons. The summed E-state index contributed by atoms with van der Waals surface area (Å²) in [6.45, 7) is 4.21. The van der Waals surface area contributed by atoms with E-state index in [2.05, 4.69) is 5.10 Å². The van der Waals surface area contributed by atoms with E-state index in [0.29, 0.717) is 28.5 Å². The van der Waals surface area contributed by atoms with Crippen LogP contribution < -0.4 is 4.90 Å². The quantitative estimate of drug-likeness (QED) is 0.579. The maximum Gasteiger partial charge on any atom is 0.340 e. The largest absolute Gasteiger partial charge is 0.462 e. The average Bonchev–Trinajstić information content (AvgIpc) is 3.19. The van der Waals surface area contributed by atoms with Crippen LogP contribution in [0.2, 0.25) is 5.02 Å². The molecule has 0 unspecified atom stereocenters. The Kier molecular flexibility index (Phi) is 6.11. The lowest BCUT2D eigenvalue weighted by molar-refractivity contribution is 0.0527. The zero-order valence-electron chi connectivity index (χ0n) is 15.6. The topological polar surface area (TPSA) is 64.4 Å². The second-order valence-electron chi connectivity index (χ2n) is 5.88. The van der Waals surface area contributed by atoms with Crippen molar-refractivity contribution in [2.75, 3.05) is 18.1 Å². The highest BCUT2D eigenvalue weighted by Gasteiger charge is 2.24. The minimum Gasteiger partial charge on any atom is -0.462 e. The van der Waals surface area contributed by atoms with E-state index in [1.807, 2.05) is 25.1 Å². The van der Waals surface area contributed by atoms with Gasteiger partial charge in [0.05, 0.1) is 28.6 Å². The van der Waals surface area contributed by atoms with Gasteiger partial charge in [-0.1, -0.05) is 35.9 Å². The first-order valence-corrected chi connectivity index (χ1v) is 9.33. The number of amides is 1. The van der Waals surface area contributed by atoms with E-state index < -0.39 is 5.97 Å². The van der Waals surface area contributed by atoms with Crippen LogP contribution in [0.4, 0.5) is 5.69 Å². The Morgan fingerprint density at radius 1 is 1.07 bits per heavy atom. The molecule has 0 aliphatic rings. The predicted octanol–water partition coefficient (Wildman–Crippen LogP) is 4.37. The van der Waals surface area contributed by atoms with Crippen molar-refractivity contribution in [2.24, 2.45) is 0 Å². The minimum atomic E-state index is -0.467. The molecule has 1 amide bonds. The summed E-state index contributed by atoms with van der Waals surface area (Å²) < 4.78 is 6.67. The third-order valence-corrected chi connectivity index (χ3v) is 4.48. The number of halogens is 1. The van der Waals surface area contributed by atoms with Crippen LogP contribution in [-0.4, -0.2) is 34.8 Å². The van der Waals surface area contributed by atoms with Gasteiger partial charge in [0.15, 0.2) is 5.69 Å². The second-order valence-corrected chi connectivity index (χ2v) is 6.29. The molecule has 0 saturated heterocycles. The summed E-state index contributed by atoms with van der Waals surface area (Å²) in [6.07, 6.45) is 1.68. The van der Waals surface area contributed by atoms with Crippen LogP contribution in [0.15, 0.2) is 60.8 Å². The Morgan fingerprint density at radius 3 is 2.50 bits per heavy atom. The summed E-state index contributed by atoms with van der Waals surface area (Å²) in [5, 5.41) is 4.90. The molecule has 1 aromatic heterocycles. The van der Waals surface area contributed by atoms with Gasteiger partial charge < -0.3 is 9.64 Å². The van der Waals surface area contributed by atoms with Gasteiger partial charge in [0.1, 0.15) is 0 Å². The van der Waals surface area contributed by atoms with E-state index in [1.54, 1.807) is 54.2 Å². The fraction of sp³-hybridized carbons (Fsp3) is 0.190. The number of hydrogen-bond donors (Lipinski definition) is 0. The van der Waals surface area contributed by atoms with Crippen LogP contribution in [-0.2, 0) is 4.74 Å². The summed E-state index contributed by atoms with van der Waals surface area (Å²) in [6, 6.07) is 15.7. The van der Waals surface area contributed by atoms with E-state index >= 15 is 0 Å². The molecule has 0 aliphatic carbocycles. The smallest absolute Gasteiger partial charge is 0.340 e. The number of aromatic nitrogens is 2. The highest BCUT2D eigenvalue weighted by atomic mass is 35.5. The Morgan fingerprint density at radius 2 is 1.79 bits per heavy atom. The number of ether oxygens (including phenoxy) is 1. The zero-order valence-corrected chi connectivity index (χ0v) is 16.4. The molecule has 1 heterocycles. The number of rotatable bonds is 6. The Hall–Kier alpha value is -3.12. The summed E-state index contributed by atoms with van der Waals surface area (Å²) >= 11 is 6.21. The summed E-state index contributed by atoms with van der Waals surface area (Å²) in [5.74, 6) is -0.781. The molecule has 7 heteroatoms. The van der Waals surface area contributed by atoms with Crippen molar-refractivity contribution < 1.29 is 14.3 Å². The molecule has 0 atom stereocenters. The fourth-order valence-corrected chi connectivity index (χ4v) is 3.08. The van der Waals surface area contributed by atoms with Gasteiger partial charge in [-0.25, -0.2) is 9.48 Å². The van der Waals surface area contributed by atoms with E-state index in [-0.39, 0.29) is 18.2 Å². The lowest BCUT2D eigenvalue weighted by Gasteiger charge is -2.22. The first kappa shape index (κ1) is 19.6. The third kappa shape index (κ3) is 3.92. The molecule has 3 rings (SSSR count). The van der Waals surface area contributed by atoms with Gasteiger partial charge in [-0.15, -0.1) is 0 Å². The number of carbonyl (C=O) groups is 2. The number of esters is 1. The highest BCUT2D eigenvalue weighted by molar-refractivity contribution is 6.32. The zero-order chi connectivity index (χ0) is 20.1. The Labute approximate surface area is 168 Å². The van der Waals surface area contributed by atoms with Crippen LogP contribution in [0, 0.1) is 0 Å². The first-order valence-electron chi connectivity index (χ1n) is 8.95. The highest BCUT2D eigenvalue weighted by Crippen LogP contribution is 2.24. The summed E-state index contributed by atoms with van der Waals surface area (Å²) in [5.41, 5.74) is 1.75. The third-order valence-electron chi connectivity index (χ3n) is 4.16. The van der Waals surface area contributed by atoms with Crippen molar-refractivity contribution >= 4 is 29.2 Å². The van der Waals surface area contributed by atoms with Gasteiger partial charge in [0, 0.05) is 12.7 Å². The lowest BCUT2D eigenvalue weighted by atomic mass is 10.1. The Bertz CT molecular complexity index is 1000. The van der Waals surface area contributed by atoms with Crippen LogP contribution in [0.1, 0.15) is 34.7 Å². The van der Waals surface area contributed by atoms with Gasteiger partial charge >= 0.3 is 5.97 Å². The molecule has 6 nitrogen and oxygen atoms in total. The fourth-order valence-electron chi connectivity index (χ4n) is 2.86. The van der Waals surface area contributed by atoms with E-state index in [4.69, 9.17) is 16.3 Å². The van der Waals surface area contributed by atoms with Crippen molar-refractivity contribution in [2.45, 2.75) is 13.8 Å². The predicted molar refractivity (Wildman–Crippen MR) is 108 cm³/mol. The minimum absolute atomic E-state index is 0.250. The van der Waals surface area contributed by atoms with Crippen molar-refractivity contribution in [3.8, 4) is 5.69 Å². The van der Waals surface area contributed by atoms with Gasteiger partial charge in [0.25, 0.3) is 5.91 Å². The maximum absolute atomic E-state index is 13.1. The normalized spacial score (nSPS) is 10.5. The molecule has 0 aliphatic heterocycles. The lowest BCUT2D eigenvalue weighted by Crippen LogP contribution is -2.32. The molecule has 2 aromatic carbocycles. The molecule has 3 aromatic rings. The van der Waals surface area contributed by atoms with Gasteiger partial charge in [-0.2, -0.15) is 5.10 Å².